The Labute approximate surface area is 224 Å². The van der Waals surface area contributed by atoms with E-state index in [9.17, 15) is 18.0 Å². The van der Waals surface area contributed by atoms with Crippen molar-refractivity contribution in [2.24, 2.45) is 4.99 Å². The molecule has 3 rings (SSSR count). The van der Waals surface area contributed by atoms with Crippen LogP contribution in [0.1, 0.15) is 57.7 Å². The van der Waals surface area contributed by atoms with Crippen LogP contribution in [0.2, 0.25) is 0 Å². The number of methoxy groups -OCH3 is 1. The number of nitrogens with zero attached hydrogens (tertiary/aromatic N) is 4. The third-order valence-electron chi connectivity index (χ3n) is 7.95. The minimum atomic E-state index is -4.35. The summed E-state index contributed by atoms with van der Waals surface area (Å²) in [6.07, 6.45) is -1.12. The number of allylic oxidation sites excluding steroid dienone is 1. The number of rotatable bonds is 8. The van der Waals surface area contributed by atoms with Gasteiger partial charge in [0.2, 0.25) is 0 Å². The largest absolute Gasteiger partial charge is 0.416 e. The van der Waals surface area contributed by atoms with Gasteiger partial charge in [0.1, 0.15) is 0 Å². The Hall–Kier alpha value is -2.49. The molecule has 9 heteroatoms. The lowest BCUT2D eigenvalue weighted by atomic mass is 9.86. The van der Waals surface area contributed by atoms with Crippen LogP contribution in [0.25, 0.3) is 0 Å². The number of hydrogen-bond acceptors (Lipinski definition) is 5. The highest BCUT2D eigenvalue weighted by molar-refractivity contribution is 6.21. The van der Waals surface area contributed by atoms with E-state index in [1.807, 2.05) is 25.7 Å². The number of benzene rings is 1. The lowest BCUT2D eigenvalue weighted by Crippen LogP contribution is -2.60. The minimum Gasteiger partial charge on any atom is -0.383 e. The monoisotopic (exact) mass is 534 g/mol. The molecule has 0 saturated carbocycles. The zero-order valence-corrected chi connectivity index (χ0v) is 23.3. The van der Waals surface area contributed by atoms with E-state index in [1.165, 1.54) is 6.20 Å². The van der Waals surface area contributed by atoms with Crippen molar-refractivity contribution in [1.29, 1.82) is 0 Å². The second-order valence-electron chi connectivity index (χ2n) is 10.7. The first-order valence-electron chi connectivity index (χ1n) is 13.2. The number of piperidine rings is 1. The summed E-state index contributed by atoms with van der Waals surface area (Å²) in [5.74, 6) is 0.0268. The number of hydrogen-bond donors (Lipinski definition) is 0. The van der Waals surface area contributed by atoms with Gasteiger partial charge in [0.25, 0.3) is 5.91 Å². The van der Waals surface area contributed by atoms with Crippen LogP contribution in [0.5, 0.6) is 0 Å². The molecule has 210 valence electrons. The standard InChI is InChI=1S/C29H41F3N4O2/c1-7-33-22(4)26(21(2)3)27(37)35-14-12-28(5,13-15-35)36-18-16-34(17-19-36)25(20-38-6)23-8-10-24(11-9-23)29(30,31)32/h7-11,25H,1,12-20H2,2-6H3/t25-/m0/s1. The fourth-order valence-electron chi connectivity index (χ4n) is 5.64. The van der Waals surface area contributed by atoms with Gasteiger partial charge < -0.3 is 9.64 Å². The second-order valence-corrected chi connectivity index (χ2v) is 10.7. The van der Waals surface area contributed by atoms with Crippen molar-refractivity contribution in [1.82, 2.24) is 14.7 Å². The fourth-order valence-corrected chi connectivity index (χ4v) is 5.64. The predicted octanol–water partition coefficient (Wildman–Crippen LogP) is 5.33. The van der Waals surface area contributed by atoms with Crippen molar-refractivity contribution in [3.05, 3.63) is 59.3 Å². The Balaban J connectivity index is 1.62. The molecule has 0 bridgehead atoms. The van der Waals surface area contributed by atoms with Gasteiger partial charge >= 0.3 is 6.18 Å². The molecule has 0 spiro atoms. The van der Waals surface area contributed by atoms with E-state index in [-0.39, 0.29) is 17.5 Å². The van der Waals surface area contributed by atoms with Gasteiger partial charge in [-0.3, -0.25) is 19.6 Å². The number of likely N-dealkylation sites (tertiary alicyclic amines) is 1. The van der Waals surface area contributed by atoms with Crippen molar-refractivity contribution in [3.8, 4) is 0 Å². The summed E-state index contributed by atoms with van der Waals surface area (Å²) in [4.78, 5) is 24.3. The molecule has 1 aromatic rings. The van der Waals surface area contributed by atoms with Crippen LogP contribution in [-0.4, -0.2) is 84.8 Å². The van der Waals surface area contributed by atoms with Gasteiger partial charge in [-0.15, -0.1) is 0 Å². The molecule has 0 unspecified atom stereocenters. The lowest BCUT2D eigenvalue weighted by molar-refractivity contribution is -0.137. The van der Waals surface area contributed by atoms with E-state index < -0.39 is 11.7 Å². The van der Waals surface area contributed by atoms with Crippen LogP contribution in [0, 0.1) is 0 Å². The van der Waals surface area contributed by atoms with Gasteiger partial charge in [0.15, 0.2) is 0 Å². The van der Waals surface area contributed by atoms with Crippen molar-refractivity contribution in [2.45, 2.75) is 58.3 Å². The van der Waals surface area contributed by atoms with E-state index in [1.54, 1.807) is 19.2 Å². The first-order valence-corrected chi connectivity index (χ1v) is 13.2. The Kier molecular flexibility index (Phi) is 9.95. The van der Waals surface area contributed by atoms with E-state index in [4.69, 9.17) is 4.74 Å². The van der Waals surface area contributed by atoms with Gasteiger partial charge in [-0.05, 0) is 58.2 Å². The van der Waals surface area contributed by atoms with Crippen molar-refractivity contribution in [2.75, 3.05) is 53.0 Å². The van der Waals surface area contributed by atoms with Gasteiger partial charge in [-0.2, -0.15) is 13.2 Å². The van der Waals surface area contributed by atoms with Gasteiger partial charge in [0, 0.05) is 63.8 Å². The van der Waals surface area contributed by atoms with Crippen LogP contribution in [-0.2, 0) is 15.7 Å². The number of aliphatic imine (C=N–C) groups is 1. The molecule has 6 nitrogen and oxygen atoms in total. The Morgan fingerprint density at radius 1 is 1.08 bits per heavy atom. The van der Waals surface area contributed by atoms with Gasteiger partial charge in [-0.1, -0.05) is 24.3 Å². The zero-order chi connectivity index (χ0) is 28.1. The zero-order valence-electron chi connectivity index (χ0n) is 23.3. The van der Waals surface area contributed by atoms with Crippen molar-refractivity contribution in [3.63, 3.8) is 0 Å². The Morgan fingerprint density at radius 2 is 1.66 bits per heavy atom. The van der Waals surface area contributed by atoms with Crippen LogP contribution in [0.15, 0.2) is 53.2 Å². The maximum Gasteiger partial charge on any atom is 0.416 e. The first kappa shape index (κ1) is 30.1. The molecule has 2 fully saturated rings. The van der Waals surface area contributed by atoms with E-state index in [0.29, 0.717) is 31.0 Å². The highest BCUT2D eigenvalue weighted by Crippen LogP contribution is 2.34. The van der Waals surface area contributed by atoms with Crippen LogP contribution in [0.3, 0.4) is 0 Å². The van der Waals surface area contributed by atoms with Crippen molar-refractivity contribution >= 4 is 11.6 Å². The molecule has 2 saturated heterocycles. The molecule has 1 atom stereocenters. The number of halogens is 3. The normalized spacial score (nSPS) is 20.2. The molecular formula is C29H41F3N4O2. The van der Waals surface area contributed by atoms with E-state index >= 15 is 0 Å². The highest BCUT2D eigenvalue weighted by Gasteiger charge is 2.40. The molecule has 0 aliphatic carbocycles. The molecule has 0 radical (unpaired) electrons. The van der Waals surface area contributed by atoms with Gasteiger partial charge in [-0.25, -0.2) is 0 Å². The molecule has 38 heavy (non-hydrogen) atoms. The van der Waals surface area contributed by atoms with E-state index in [2.05, 4.69) is 28.3 Å². The molecule has 1 amide bonds. The third-order valence-corrected chi connectivity index (χ3v) is 7.95. The number of amides is 1. The van der Waals surface area contributed by atoms with Crippen LogP contribution >= 0.6 is 0 Å². The van der Waals surface area contributed by atoms with Crippen LogP contribution in [0.4, 0.5) is 13.2 Å². The summed E-state index contributed by atoms with van der Waals surface area (Å²) >= 11 is 0. The Morgan fingerprint density at radius 3 is 2.13 bits per heavy atom. The number of alkyl halides is 3. The Bertz CT molecular complexity index is 1030. The van der Waals surface area contributed by atoms with Crippen LogP contribution < -0.4 is 0 Å². The number of carbonyl (C=O) groups excluding carboxylic acids is 1. The topological polar surface area (TPSA) is 48.4 Å². The van der Waals surface area contributed by atoms with Crippen molar-refractivity contribution < 1.29 is 22.7 Å². The average molecular weight is 535 g/mol. The highest BCUT2D eigenvalue weighted by atomic mass is 19.4. The smallest absolute Gasteiger partial charge is 0.383 e. The van der Waals surface area contributed by atoms with Gasteiger partial charge in [0.05, 0.1) is 23.8 Å². The third kappa shape index (κ3) is 6.93. The minimum absolute atomic E-state index is 0.0105. The summed E-state index contributed by atoms with van der Waals surface area (Å²) in [5.41, 5.74) is 2.48. The summed E-state index contributed by atoms with van der Waals surface area (Å²) in [6, 6.07) is 5.33. The number of ether oxygens (including phenoxy) is 1. The first-order chi connectivity index (χ1) is 17.9. The quantitative estimate of drug-likeness (QED) is 0.334. The number of carbonyl (C=O) groups is 1. The predicted molar refractivity (Wildman–Crippen MR) is 145 cm³/mol. The summed E-state index contributed by atoms with van der Waals surface area (Å²) in [7, 11) is 1.62. The molecule has 1 aromatic carbocycles. The molecule has 0 aromatic heterocycles. The average Bonchev–Trinajstić information content (AvgIpc) is 2.87. The molecule has 2 aliphatic rings. The lowest BCUT2D eigenvalue weighted by Gasteiger charge is -2.50. The molecule has 2 heterocycles. The SMILES string of the molecule is C=CN=C(C)C(C(=O)N1CCC(C)(N2CCN([C@@H](COC)c3ccc(C(F)(F)F)cc3)CC2)CC1)=C(C)C. The number of piperazine rings is 1. The summed E-state index contributed by atoms with van der Waals surface area (Å²) in [6.45, 7) is 16.7. The van der Waals surface area contributed by atoms with E-state index in [0.717, 1.165) is 62.3 Å². The second kappa shape index (κ2) is 12.6. The maximum absolute atomic E-state index is 13.3. The fraction of sp³-hybridized carbons (Fsp3) is 0.586. The molecule has 0 N–H and O–H groups in total. The molecular weight excluding hydrogens is 493 g/mol. The maximum atomic E-state index is 13.3. The summed E-state index contributed by atoms with van der Waals surface area (Å²) < 4.78 is 44.5. The molecule has 2 aliphatic heterocycles. The summed E-state index contributed by atoms with van der Waals surface area (Å²) in [5, 5.41) is 0.